The molecule has 154 valence electrons. The van der Waals surface area contributed by atoms with Gasteiger partial charge in [0, 0.05) is 0 Å². The molecule has 12 heteroatoms. The van der Waals surface area contributed by atoms with Crippen LogP contribution in [-0.2, 0) is 47.5 Å². The minimum absolute atomic E-state index is 0.275. The first kappa shape index (κ1) is 22.0. The third-order valence-electron chi connectivity index (χ3n) is 3.66. The molecule has 2 heterocycles. The Labute approximate surface area is 154 Å². The van der Waals surface area contributed by atoms with Crippen molar-refractivity contribution in [3.05, 3.63) is 0 Å². The normalized spacial score (nSPS) is 34.2. The van der Waals surface area contributed by atoms with Crippen molar-refractivity contribution in [2.45, 2.75) is 63.7 Å². The summed E-state index contributed by atoms with van der Waals surface area (Å²) in [5.41, 5.74) is 0. The Hall–Kier alpha value is -0.340. The number of ether oxygens (including phenoxy) is 4. The fraction of sp³-hybridized carbons (Fsp3) is 1.00. The van der Waals surface area contributed by atoms with Gasteiger partial charge in [-0.2, -0.15) is 16.8 Å². The van der Waals surface area contributed by atoms with Crippen molar-refractivity contribution in [2.24, 2.45) is 0 Å². The zero-order valence-electron chi connectivity index (χ0n) is 15.6. The second-order valence-electron chi connectivity index (χ2n) is 7.25. The second kappa shape index (κ2) is 7.24. The number of fused-ring (bicyclic) bond motifs is 1. The molecule has 2 saturated heterocycles. The summed E-state index contributed by atoms with van der Waals surface area (Å²) >= 11 is 0. The standard InChI is InChI=1S/C14H26O10S2/c1-13(2)21-9(7-19-25(5,15)16)12-11(23-13)10(8-20-26(6,17)18)22-14(3,4)24-12/h9-12H,7-8H2,1-6H3. The first-order valence-corrected chi connectivity index (χ1v) is 11.6. The van der Waals surface area contributed by atoms with E-state index in [9.17, 15) is 16.8 Å². The van der Waals surface area contributed by atoms with Crippen LogP contribution in [0.15, 0.2) is 0 Å². The van der Waals surface area contributed by atoms with E-state index < -0.39 is 56.2 Å². The molecule has 0 radical (unpaired) electrons. The molecule has 2 fully saturated rings. The van der Waals surface area contributed by atoms with Crippen molar-refractivity contribution in [2.75, 3.05) is 25.7 Å². The molecule has 0 aromatic heterocycles. The summed E-state index contributed by atoms with van der Waals surface area (Å²) in [5, 5.41) is 0. The molecule has 0 aliphatic carbocycles. The second-order valence-corrected chi connectivity index (χ2v) is 10.5. The maximum absolute atomic E-state index is 11.3. The summed E-state index contributed by atoms with van der Waals surface area (Å²) < 4.78 is 78.4. The molecule has 0 saturated carbocycles. The zero-order chi connectivity index (χ0) is 20.0. The number of hydrogen-bond donors (Lipinski definition) is 0. The van der Waals surface area contributed by atoms with E-state index in [0.717, 1.165) is 12.5 Å². The molecular weight excluding hydrogens is 392 g/mol. The van der Waals surface area contributed by atoms with E-state index >= 15 is 0 Å². The fourth-order valence-electron chi connectivity index (χ4n) is 2.92. The molecule has 4 unspecified atom stereocenters. The van der Waals surface area contributed by atoms with Gasteiger partial charge in [0.2, 0.25) is 0 Å². The molecule has 0 amide bonds. The van der Waals surface area contributed by atoms with Gasteiger partial charge in [-0.15, -0.1) is 0 Å². The Morgan fingerprint density at radius 1 is 0.692 bits per heavy atom. The average Bonchev–Trinajstić information content (AvgIpc) is 2.40. The van der Waals surface area contributed by atoms with Gasteiger partial charge in [-0.3, -0.25) is 8.37 Å². The summed E-state index contributed by atoms with van der Waals surface area (Å²) in [6.45, 7) is 6.02. The largest absolute Gasteiger partial charge is 0.342 e. The van der Waals surface area contributed by atoms with Gasteiger partial charge in [0.25, 0.3) is 20.2 Å². The van der Waals surface area contributed by atoms with E-state index in [1.807, 2.05) is 0 Å². The lowest BCUT2D eigenvalue weighted by Crippen LogP contribution is -2.67. The first-order chi connectivity index (χ1) is 11.6. The monoisotopic (exact) mass is 418 g/mol. The van der Waals surface area contributed by atoms with E-state index in [-0.39, 0.29) is 13.2 Å². The lowest BCUT2D eigenvalue weighted by Gasteiger charge is -2.53. The Morgan fingerprint density at radius 2 is 1.00 bits per heavy atom. The van der Waals surface area contributed by atoms with Crippen LogP contribution in [0.25, 0.3) is 0 Å². The van der Waals surface area contributed by atoms with E-state index in [1.165, 1.54) is 0 Å². The number of rotatable bonds is 6. The van der Waals surface area contributed by atoms with Crippen LogP contribution in [0.2, 0.25) is 0 Å². The van der Waals surface area contributed by atoms with Crippen LogP contribution in [0.1, 0.15) is 27.7 Å². The van der Waals surface area contributed by atoms with E-state index in [4.69, 9.17) is 27.3 Å². The van der Waals surface area contributed by atoms with Crippen molar-refractivity contribution in [3.8, 4) is 0 Å². The molecule has 2 aliphatic heterocycles. The van der Waals surface area contributed by atoms with Gasteiger partial charge in [-0.05, 0) is 27.7 Å². The van der Waals surface area contributed by atoms with Crippen molar-refractivity contribution in [3.63, 3.8) is 0 Å². The molecule has 0 N–H and O–H groups in total. The highest BCUT2D eigenvalue weighted by molar-refractivity contribution is 7.86. The smallest absolute Gasteiger partial charge is 0.264 e. The summed E-state index contributed by atoms with van der Waals surface area (Å²) in [4.78, 5) is 0. The maximum atomic E-state index is 11.3. The predicted octanol–water partition coefficient (Wildman–Crippen LogP) is -0.0210. The van der Waals surface area contributed by atoms with Crippen LogP contribution in [0.5, 0.6) is 0 Å². The molecule has 0 bridgehead atoms. The molecule has 0 aromatic rings. The molecule has 0 aromatic carbocycles. The molecule has 10 nitrogen and oxygen atoms in total. The third kappa shape index (κ3) is 6.37. The van der Waals surface area contributed by atoms with Crippen LogP contribution < -0.4 is 0 Å². The SMILES string of the molecule is CC1(C)OC(COS(C)(=O)=O)C2OC(C)(C)OC(COS(C)(=O)=O)C2O1. The van der Waals surface area contributed by atoms with Crippen LogP contribution in [0, 0.1) is 0 Å². The minimum Gasteiger partial charge on any atom is -0.342 e. The summed E-state index contributed by atoms with van der Waals surface area (Å²) in [6.07, 6.45) is -1.17. The highest BCUT2D eigenvalue weighted by Crippen LogP contribution is 2.38. The van der Waals surface area contributed by atoms with Gasteiger partial charge in [0.1, 0.15) is 24.4 Å². The predicted molar refractivity (Wildman–Crippen MR) is 89.2 cm³/mol. The molecule has 2 rings (SSSR count). The molecule has 4 atom stereocenters. The summed E-state index contributed by atoms with van der Waals surface area (Å²) in [7, 11) is -7.36. The highest BCUT2D eigenvalue weighted by Gasteiger charge is 2.54. The van der Waals surface area contributed by atoms with Gasteiger partial charge in [-0.25, -0.2) is 0 Å². The quantitative estimate of drug-likeness (QED) is 0.544. The molecule has 2 aliphatic rings. The topological polar surface area (TPSA) is 124 Å². The van der Waals surface area contributed by atoms with Crippen LogP contribution in [0.3, 0.4) is 0 Å². The Kier molecular flexibility index (Phi) is 6.12. The van der Waals surface area contributed by atoms with Gasteiger partial charge in [0.15, 0.2) is 11.6 Å². The van der Waals surface area contributed by atoms with Crippen LogP contribution in [-0.4, -0.2) is 78.6 Å². The Balaban J connectivity index is 2.26. The highest BCUT2D eigenvalue weighted by atomic mass is 32.2. The summed E-state index contributed by atoms with van der Waals surface area (Å²) in [5.74, 6) is -2.19. The van der Waals surface area contributed by atoms with Crippen LogP contribution in [0.4, 0.5) is 0 Å². The van der Waals surface area contributed by atoms with Gasteiger partial charge < -0.3 is 18.9 Å². The van der Waals surface area contributed by atoms with Gasteiger partial charge in [0.05, 0.1) is 25.7 Å². The minimum atomic E-state index is -3.68. The van der Waals surface area contributed by atoms with Crippen molar-refractivity contribution in [1.82, 2.24) is 0 Å². The van der Waals surface area contributed by atoms with Crippen molar-refractivity contribution < 1.29 is 44.1 Å². The van der Waals surface area contributed by atoms with E-state index in [0.29, 0.717) is 0 Å². The van der Waals surface area contributed by atoms with Crippen molar-refractivity contribution in [1.29, 1.82) is 0 Å². The first-order valence-electron chi connectivity index (χ1n) is 7.97. The van der Waals surface area contributed by atoms with E-state index in [1.54, 1.807) is 27.7 Å². The van der Waals surface area contributed by atoms with Gasteiger partial charge >= 0.3 is 0 Å². The van der Waals surface area contributed by atoms with E-state index in [2.05, 4.69) is 0 Å². The third-order valence-corrected chi connectivity index (χ3v) is 4.79. The summed E-state index contributed by atoms with van der Waals surface area (Å²) in [6, 6.07) is 0. The fourth-order valence-corrected chi connectivity index (χ4v) is 3.68. The molecular formula is C14H26O10S2. The molecule has 26 heavy (non-hydrogen) atoms. The van der Waals surface area contributed by atoms with Gasteiger partial charge in [-0.1, -0.05) is 0 Å². The average molecular weight is 418 g/mol. The molecule has 0 spiro atoms. The lowest BCUT2D eigenvalue weighted by atomic mass is 9.98. The Morgan fingerprint density at radius 3 is 1.27 bits per heavy atom. The van der Waals surface area contributed by atoms with Crippen LogP contribution >= 0.6 is 0 Å². The Bertz CT molecular complexity index is 650. The lowest BCUT2D eigenvalue weighted by molar-refractivity contribution is -0.425. The number of hydrogen-bond acceptors (Lipinski definition) is 10. The maximum Gasteiger partial charge on any atom is 0.264 e. The zero-order valence-corrected chi connectivity index (χ0v) is 17.3. The van der Waals surface area contributed by atoms with Crippen molar-refractivity contribution >= 4 is 20.2 Å².